The Kier molecular flexibility index (Phi) is 1.56. The summed E-state index contributed by atoms with van der Waals surface area (Å²) in [5.41, 5.74) is 1.17. The first-order valence-corrected chi connectivity index (χ1v) is 3.16. The smallest absolute Gasteiger partial charge is 0.178 e. The number of hydrogen-bond donors (Lipinski definition) is 0. The first-order valence-electron chi connectivity index (χ1n) is 3.16. The summed E-state index contributed by atoms with van der Waals surface area (Å²) >= 11 is 0. The van der Waals surface area contributed by atoms with Crippen molar-refractivity contribution in [2.75, 3.05) is 0 Å². The van der Waals surface area contributed by atoms with Gasteiger partial charge >= 0.3 is 0 Å². The molecule has 0 amide bonds. The molecule has 0 aliphatic carbocycles. The lowest BCUT2D eigenvalue weighted by Crippen LogP contribution is -2.11. The van der Waals surface area contributed by atoms with Gasteiger partial charge in [-0.05, 0) is 18.9 Å². The van der Waals surface area contributed by atoms with Crippen molar-refractivity contribution >= 4 is 6.21 Å². The molecule has 1 aliphatic rings. The summed E-state index contributed by atoms with van der Waals surface area (Å²) in [4.78, 5) is 0. The minimum atomic E-state index is 0.410. The molecule has 50 valence electrons. The van der Waals surface area contributed by atoms with Crippen LogP contribution >= 0.6 is 0 Å². The highest BCUT2D eigenvalue weighted by atomic mass is 16.5. The number of nitrogens with zero attached hydrogens (tertiary/aromatic N) is 1. The van der Waals surface area contributed by atoms with E-state index in [1.54, 1.807) is 12.4 Å². The number of hydroxylamine groups is 1. The second-order valence-corrected chi connectivity index (χ2v) is 2.67. The van der Waals surface area contributed by atoms with E-state index in [2.05, 4.69) is 0 Å². The van der Waals surface area contributed by atoms with Gasteiger partial charge in [-0.1, -0.05) is 6.92 Å². The lowest BCUT2D eigenvalue weighted by atomic mass is 10.0. The molecule has 9 heavy (non-hydrogen) atoms. The predicted molar refractivity (Wildman–Crippen MR) is 37.2 cm³/mol. The fraction of sp³-hybridized carbons (Fsp3) is 0.571. The SMILES string of the molecule is CC1=C[N+]([O-])=CC(C)C1. The molecule has 0 saturated heterocycles. The molecular weight excluding hydrogens is 114 g/mol. The van der Waals surface area contributed by atoms with Gasteiger partial charge in [-0.3, -0.25) is 0 Å². The van der Waals surface area contributed by atoms with E-state index in [-0.39, 0.29) is 0 Å². The molecule has 1 heterocycles. The van der Waals surface area contributed by atoms with Crippen LogP contribution < -0.4 is 0 Å². The Bertz CT molecular complexity index is 170. The highest BCUT2D eigenvalue weighted by Gasteiger charge is 2.09. The van der Waals surface area contributed by atoms with Crippen molar-refractivity contribution in [3.05, 3.63) is 17.0 Å². The van der Waals surface area contributed by atoms with Gasteiger partial charge in [0.1, 0.15) is 0 Å². The van der Waals surface area contributed by atoms with E-state index in [9.17, 15) is 5.21 Å². The molecule has 0 radical (unpaired) electrons. The fourth-order valence-electron chi connectivity index (χ4n) is 1.12. The van der Waals surface area contributed by atoms with Crippen LogP contribution in [0.3, 0.4) is 0 Å². The van der Waals surface area contributed by atoms with Gasteiger partial charge in [0, 0.05) is 5.92 Å². The molecule has 1 rings (SSSR count). The molecule has 1 unspecified atom stereocenters. The summed E-state index contributed by atoms with van der Waals surface area (Å²) in [6.45, 7) is 4.02. The number of allylic oxidation sites excluding steroid dienone is 1. The summed E-state index contributed by atoms with van der Waals surface area (Å²) in [6, 6.07) is 0. The van der Waals surface area contributed by atoms with E-state index >= 15 is 0 Å². The molecule has 0 aromatic heterocycles. The van der Waals surface area contributed by atoms with Crippen LogP contribution in [0, 0.1) is 11.1 Å². The zero-order valence-electron chi connectivity index (χ0n) is 5.79. The third-order valence-corrected chi connectivity index (χ3v) is 1.39. The summed E-state index contributed by atoms with van der Waals surface area (Å²) in [5.74, 6) is 0.410. The Morgan fingerprint density at radius 1 is 1.78 bits per heavy atom. The van der Waals surface area contributed by atoms with E-state index in [0.717, 1.165) is 11.2 Å². The molecule has 0 saturated carbocycles. The van der Waals surface area contributed by atoms with Crippen molar-refractivity contribution in [3.63, 3.8) is 0 Å². The maximum absolute atomic E-state index is 10.7. The molecule has 1 atom stereocenters. The van der Waals surface area contributed by atoms with Crippen LogP contribution in [-0.2, 0) is 0 Å². The van der Waals surface area contributed by atoms with E-state index in [1.807, 2.05) is 13.8 Å². The maximum Gasteiger partial charge on any atom is 0.178 e. The van der Waals surface area contributed by atoms with Crippen LogP contribution in [-0.4, -0.2) is 11.0 Å². The second-order valence-electron chi connectivity index (χ2n) is 2.67. The van der Waals surface area contributed by atoms with Crippen LogP contribution in [0.25, 0.3) is 0 Å². The van der Waals surface area contributed by atoms with Crippen molar-refractivity contribution in [2.24, 2.45) is 5.92 Å². The Hall–Kier alpha value is -0.790. The zero-order chi connectivity index (χ0) is 6.85. The quantitative estimate of drug-likeness (QED) is 0.356. The summed E-state index contributed by atoms with van der Waals surface area (Å²) < 4.78 is 0.892. The molecule has 0 bridgehead atoms. The van der Waals surface area contributed by atoms with E-state index in [0.29, 0.717) is 5.92 Å². The minimum Gasteiger partial charge on any atom is -0.619 e. The molecule has 0 aromatic rings. The Labute approximate surface area is 55.1 Å². The monoisotopic (exact) mass is 125 g/mol. The number of hydrogen-bond acceptors (Lipinski definition) is 1. The predicted octanol–water partition coefficient (Wildman–Crippen LogP) is 1.51. The van der Waals surface area contributed by atoms with Crippen LogP contribution in [0.2, 0.25) is 0 Å². The topological polar surface area (TPSA) is 26.1 Å². The highest BCUT2D eigenvalue weighted by molar-refractivity contribution is 5.56. The first-order chi connectivity index (χ1) is 4.18. The molecule has 0 aromatic carbocycles. The third-order valence-electron chi connectivity index (χ3n) is 1.39. The molecule has 1 aliphatic heterocycles. The summed E-state index contributed by atoms with van der Waals surface area (Å²) in [6.07, 6.45) is 4.34. The molecule has 0 spiro atoms. The van der Waals surface area contributed by atoms with Crippen LogP contribution in [0.1, 0.15) is 20.3 Å². The van der Waals surface area contributed by atoms with Crippen molar-refractivity contribution in [2.45, 2.75) is 20.3 Å². The van der Waals surface area contributed by atoms with Gasteiger partial charge in [0.25, 0.3) is 0 Å². The van der Waals surface area contributed by atoms with Gasteiger partial charge in [-0.25, -0.2) is 0 Å². The summed E-state index contributed by atoms with van der Waals surface area (Å²) in [7, 11) is 0. The Morgan fingerprint density at radius 2 is 2.44 bits per heavy atom. The molecule has 2 nitrogen and oxygen atoms in total. The van der Waals surface area contributed by atoms with Crippen molar-refractivity contribution < 1.29 is 4.74 Å². The van der Waals surface area contributed by atoms with Gasteiger partial charge in [-0.2, -0.15) is 4.74 Å². The first kappa shape index (κ1) is 6.33. The highest BCUT2D eigenvalue weighted by Crippen LogP contribution is 2.12. The van der Waals surface area contributed by atoms with Gasteiger partial charge in [0.15, 0.2) is 12.4 Å². The normalized spacial score (nSPS) is 27.1. The van der Waals surface area contributed by atoms with Gasteiger partial charge < -0.3 is 5.21 Å². The zero-order valence-corrected chi connectivity index (χ0v) is 5.79. The van der Waals surface area contributed by atoms with E-state index in [4.69, 9.17) is 0 Å². The average molecular weight is 125 g/mol. The molecule has 2 heteroatoms. The van der Waals surface area contributed by atoms with Crippen LogP contribution in [0.5, 0.6) is 0 Å². The van der Waals surface area contributed by atoms with Crippen molar-refractivity contribution in [3.8, 4) is 0 Å². The van der Waals surface area contributed by atoms with Gasteiger partial charge in [-0.15, -0.1) is 0 Å². The Balaban J connectivity index is 2.74. The molecule has 0 fully saturated rings. The maximum atomic E-state index is 10.7. The minimum absolute atomic E-state index is 0.410. The fourth-order valence-corrected chi connectivity index (χ4v) is 1.12. The van der Waals surface area contributed by atoms with Crippen molar-refractivity contribution in [1.82, 2.24) is 0 Å². The van der Waals surface area contributed by atoms with Crippen LogP contribution in [0.4, 0.5) is 0 Å². The van der Waals surface area contributed by atoms with E-state index < -0.39 is 0 Å². The van der Waals surface area contributed by atoms with Gasteiger partial charge in [0.2, 0.25) is 0 Å². The largest absolute Gasteiger partial charge is 0.619 e. The standard InChI is InChI=1S/C7H11NO/c1-6-3-7(2)5-8(9)4-6/h4-6H,3H2,1-2H3. The average Bonchev–Trinajstić information content (AvgIpc) is 1.59. The van der Waals surface area contributed by atoms with Crippen molar-refractivity contribution in [1.29, 1.82) is 0 Å². The third kappa shape index (κ3) is 1.56. The number of rotatable bonds is 0. The Morgan fingerprint density at radius 3 is 2.89 bits per heavy atom. The molecule has 0 N–H and O–H groups in total. The lowest BCUT2D eigenvalue weighted by molar-refractivity contribution is -0.379. The van der Waals surface area contributed by atoms with Crippen LogP contribution in [0.15, 0.2) is 11.8 Å². The lowest BCUT2D eigenvalue weighted by Gasteiger charge is -2.10. The molecular formula is C7H11NO. The summed E-state index contributed by atoms with van der Waals surface area (Å²) in [5, 5.41) is 10.7. The van der Waals surface area contributed by atoms with E-state index in [1.165, 1.54) is 5.57 Å². The second kappa shape index (κ2) is 2.21. The van der Waals surface area contributed by atoms with Gasteiger partial charge in [0.05, 0.1) is 0 Å².